The lowest BCUT2D eigenvalue weighted by Crippen LogP contribution is -2.70. The third-order valence-corrected chi connectivity index (χ3v) is 13.7. The summed E-state index contributed by atoms with van der Waals surface area (Å²) in [6.07, 6.45) is 7.17. The van der Waals surface area contributed by atoms with Crippen LogP contribution in [0.4, 0.5) is 0 Å². The van der Waals surface area contributed by atoms with Gasteiger partial charge >= 0.3 is 5.97 Å². The highest BCUT2D eigenvalue weighted by molar-refractivity contribution is 6.06. The van der Waals surface area contributed by atoms with Gasteiger partial charge in [-0.1, -0.05) is 56.3 Å². The molecular weight excluding hydrogens is 716 g/mol. The number of ketones is 2. The number of hydrogen-bond acceptors (Lipinski definition) is 11. The Bertz CT molecular complexity index is 2400. The topological polar surface area (TPSA) is 155 Å². The number of carbonyl (C=O) groups excluding carboxylic acids is 3. The minimum Gasteiger partial charge on any atom is -0.504 e. The summed E-state index contributed by atoms with van der Waals surface area (Å²) in [5.41, 5.74) is -2.07. The number of epoxide rings is 1. The van der Waals surface area contributed by atoms with E-state index in [1.165, 1.54) is 14.0 Å². The fourth-order valence-corrected chi connectivity index (χ4v) is 11.5. The first-order valence-electron chi connectivity index (χ1n) is 18.9. The van der Waals surface area contributed by atoms with Crippen molar-refractivity contribution in [3.63, 3.8) is 0 Å². The zero-order valence-corrected chi connectivity index (χ0v) is 32.8. The van der Waals surface area contributed by atoms with Crippen LogP contribution in [-0.4, -0.2) is 54.7 Å². The van der Waals surface area contributed by atoms with Crippen molar-refractivity contribution in [2.24, 2.45) is 27.6 Å². The molecule has 0 radical (unpaired) electrons. The summed E-state index contributed by atoms with van der Waals surface area (Å²) < 4.78 is 34.4. The molecule has 11 nitrogen and oxygen atoms in total. The molecule has 1 saturated heterocycles. The number of rotatable bonds is 5. The number of carbonyl (C=O) groups is 3. The number of esters is 1. The quantitative estimate of drug-likeness (QED) is 0.156. The molecule has 8 atom stereocenters. The molecule has 2 saturated carbocycles. The summed E-state index contributed by atoms with van der Waals surface area (Å²) in [5.74, 6) is -0.719. The Balaban J connectivity index is 0.000000179. The number of methoxy groups -OCH3 is 2. The molecule has 3 fully saturated rings. The van der Waals surface area contributed by atoms with Gasteiger partial charge in [-0.15, -0.1) is 0 Å². The second kappa shape index (κ2) is 12.5. The lowest BCUT2D eigenvalue weighted by Gasteiger charge is -2.64. The Morgan fingerprint density at radius 2 is 1.66 bits per heavy atom. The first-order chi connectivity index (χ1) is 26.5. The maximum absolute atomic E-state index is 14.3. The Labute approximate surface area is 324 Å². The predicted octanol–water partition coefficient (Wildman–Crippen LogP) is 7.91. The third-order valence-electron chi connectivity index (χ3n) is 13.7. The van der Waals surface area contributed by atoms with Gasteiger partial charge in [0.05, 0.1) is 49.1 Å². The van der Waals surface area contributed by atoms with Crippen LogP contribution in [-0.2, 0) is 23.9 Å². The number of aliphatic hydroxyl groups excluding tert-OH is 1. The molecule has 0 amide bonds. The SMILES string of the molecule is CC(=O)OC1CC2(C)C(c3ccoc3)CC3OC32C2(C)C(=O)C(O)=C3C(C)(C)C(=O)C=CC3(C)C12.COc1c(-c2ccccc2)oc2c(OC)cccc2c1=O. The molecule has 4 aromatic rings. The van der Waals surface area contributed by atoms with E-state index >= 15 is 0 Å². The fourth-order valence-electron chi connectivity index (χ4n) is 11.5. The van der Waals surface area contributed by atoms with Crippen LogP contribution < -0.4 is 14.9 Å². The lowest BCUT2D eigenvalue weighted by atomic mass is 9.38. The number of aliphatic hydroxyl groups is 1. The summed E-state index contributed by atoms with van der Waals surface area (Å²) in [6.45, 7) is 10.8. The molecule has 3 heterocycles. The average Bonchev–Trinajstić information content (AvgIpc) is 3.53. The molecule has 1 N–H and O–H groups in total. The van der Waals surface area contributed by atoms with Crippen LogP contribution in [0.2, 0.25) is 0 Å². The first kappa shape index (κ1) is 37.5. The van der Waals surface area contributed by atoms with Crippen molar-refractivity contribution in [3.8, 4) is 22.8 Å². The minimum absolute atomic E-state index is 0.0453. The van der Waals surface area contributed by atoms with Gasteiger partial charge in [0.1, 0.15) is 11.7 Å². The van der Waals surface area contributed by atoms with Gasteiger partial charge in [0.15, 0.2) is 28.6 Å². The van der Waals surface area contributed by atoms with Crippen molar-refractivity contribution in [2.75, 3.05) is 14.2 Å². The van der Waals surface area contributed by atoms with Crippen LogP contribution in [0.3, 0.4) is 0 Å². The molecule has 5 aliphatic rings. The Kier molecular flexibility index (Phi) is 8.40. The molecule has 2 aromatic heterocycles. The number of furan rings is 1. The van der Waals surface area contributed by atoms with Gasteiger partial charge < -0.3 is 32.9 Å². The molecule has 0 bridgehead atoms. The van der Waals surface area contributed by atoms with Crippen molar-refractivity contribution in [1.82, 2.24) is 0 Å². The zero-order chi connectivity index (χ0) is 40.2. The van der Waals surface area contributed by atoms with E-state index in [1.54, 1.807) is 63.8 Å². The van der Waals surface area contributed by atoms with E-state index in [2.05, 4.69) is 6.92 Å². The standard InChI is InChI=1S/C28H32O7.C17H14O4/c1-14(29)34-17-12-26(5)16(15-8-10-33-13-15)11-19-28(26,35-19)27(6)21(17)25(4)9-7-18(30)24(2,3)22(25)20(31)23(27)32;1-19-13-10-6-9-12-14(18)17(20-2)15(21-16(12)13)11-7-4-3-5-8-11/h7-10,13,16-17,19,21,31H,11-12H2,1-6H3;3-10H,1-2H3. The van der Waals surface area contributed by atoms with Gasteiger partial charge in [-0.05, 0) is 74.9 Å². The highest BCUT2D eigenvalue weighted by atomic mass is 16.6. The molecule has 56 heavy (non-hydrogen) atoms. The van der Waals surface area contributed by atoms with Crippen LogP contribution in [0, 0.1) is 27.6 Å². The fraction of sp³-hybridized carbons (Fsp3) is 0.422. The molecule has 11 heteroatoms. The van der Waals surface area contributed by atoms with Crippen molar-refractivity contribution in [3.05, 3.63) is 106 Å². The molecule has 4 aliphatic carbocycles. The first-order valence-corrected chi connectivity index (χ1v) is 18.9. The highest BCUT2D eigenvalue weighted by Crippen LogP contribution is 2.81. The molecule has 1 spiro atoms. The maximum atomic E-state index is 14.3. The largest absolute Gasteiger partial charge is 0.504 e. The number of fused-ring (bicyclic) bond motifs is 4. The average molecular weight is 763 g/mol. The zero-order valence-electron chi connectivity index (χ0n) is 32.8. The number of benzene rings is 2. The van der Waals surface area contributed by atoms with E-state index in [-0.39, 0.29) is 34.7 Å². The van der Waals surface area contributed by atoms with Crippen LogP contribution in [0.1, 0.15) is 65.9 Å². The molecule has 8 unspecified atom stereocenters. The van der Waals surface area contributed by atoms with Crippen molar-refractivity contribution < 1.29 is 47.3 Å². The van der Waals surface area contributed by atoms with Gasteiger partial charge in [-0.25, -0.2) is 0 Å². The Morgan fingerprint density at radius 3 is 2.30 bits per heavy atom. The van der Waals surface area contributed by atoms with E-state index in [9.17, 15) is 24.3 Å². The number of ether oxygens (including phenoxy) is 4. The molecule has 1 aliphatic heterocycles. The van der Waals surface area contributed by atoms with Crippen LogP contribution in [0.15, 0.2) is 104 Å². The highest BCUT2D eigenvalue weighted by Gasteiger charge is 2.89. The summed E-state index contributed by atoms with van der Waals surface area (Å²) in [4.78, 5) is 52.2. The van der Waals surface area contributed by atoms with Crippen molar-refractivity contribution >= 4 is 28.5 Å². The van der Waals surface area contributed by atoms with Crippen molar-refractivity contribution in [1.29, 1.82) is 0 Å². The number of hydrogen-bond donors (Lipinski definition) is 1. The van der Waals surface area contributed by atoms with Crippen molar-refractivity contribution in [2.45, 2.75) is 78.1 Å². The summed E-state index contributed by atoms with van der Waals surface area (Å²) >= 11 is 0. The molecule has 292 valence electrons. The lowest BCUT2D eigenvalue weighted by molar-refractivity contribution is -0.200. The van der Waals surface area contributed by atoms with E-state index < -0.39 is 51.0 Å². The van der Waals surface area contributed by atoms with E-state index in [1.807, 2.05) is 50.2 Å². The van der Waals surface area contributed by atoms with Crippen LogP contribution >= 0.6 is 0 Å². The number of para-hydroxylation sites is 1. The normalized spacial score (nSPS) is 33.4. The van der Waals surface area contributed by atoms with Gasteiger partial charge in [0.25, 0.3) is 0 Å². The van der Waals surface area contributed by atoms with E-state index in [4.69, 9.17) is 27.8 Å². The minimum atomic E-state index is -1.17. The van der Waals surface area contributed by atoms with Gasteiger partial charge in [0, 0.05) is 29.2 Å². The number of Topliss-reactive ketones (excluding diaryl/α,β-unsaturated/α-hetero) is 1. The van der Waals surface area contributed by atoms with Crippen LogP contribution in [0.5, 0.6) is 11.5 Å². The molecule has 2 aromatic carbocycles. The van der Waals surface area contributed by atoms with Gasteiger partial charge in [0.2, 0.25) is 17.0 Å². The van der Waals surface area contributed by atoms with Crippen LogP contribution in [0.25, 0.3) is 22.3 Å². The second-order valence-electron chi connectivity index (χ2n) is 16.8. The summed E-state index contributed by atoms with van der Waals surface area (Å²) in [5, 5.41) is 12.0. The predicted molar refractivity (Wildman–Crippen MR) is 205 cm³/mol. The van der Waals surface area contributed by atoms with Gasteiger partial charge in [-0.3, -0.25) is 19.2 Å². The maximum Gasteiger partial charge on any atom is 0.302 e. The second-order valence-corrected chi connectivity index (χ2v) is 16.8. The van der Waals surface area contributed by atoms with Gasteiger partial charge in [-0.2, -0.15) is 0 Å². The Morgan fingerprint density at radius 1 is 0.929 bits per heavy atom. The van der Waals surface area contributed by atoms with E-state index in [0.29, 0.717) is 40.9 Å². The molecule has 9 rings (SSSR count). The van der Waals surface area contributed by atoms with E-state index in [0.717, 1.165) is 11.1 Å². The monoisotopic (exact) mass is 762 g/mol. The Hall–Kier alpha value is -5.42. The molecular formula is C45H46O11. The number of allylic oxidation sites excluding steroid dienone is 4. The summed E-state index contributed by atoms with van der Waals surface area (Å²) in [7, 11) is 3.01. The third kappa shape index (κ3) is 4.79. The smallest absolute Gasteiger partial charge is 0.302 e. The summed E-state index contributed by atoms with van der Waals surface area (Å²) in [6, 6.07) is 16.5.